The third-order valence-corrected chi connectivity index (χ3v) is 4.96. The van der Waals surface area contributed by atoms with Crippen molar-refractivity contribution in [1.82, 2.24) is 10.2 Å². The van der Waals surface area contributed by atoms with Crippen molar-refractivity contribution in [2.24, 2.45) is 0 Å². The molecule has 1 aromatic carbocycles. The highest BCUT2D eigenvalue weighted by Gasteiger charge is 2.34. The number of benzene rings is 1. The molecule has 8 nitrogen and oxygen atoms in total. The number of rotatable bonds is 11. The maximum absolute atomic E-state index is 12.8. The summed E-state index contributed by atoms with van der Waals surface area (Å²) in [6.07, 6.45) is 2.55. The first kappa shape index (κ1) is 23.5. The van der Waals surface area contributed by atoms with Gasteiger partial charge in [0.1, 0.15) is 11.8 Å². The summed E-state index contributed by atoms with van der Waals surface area (Å²) in [5, 5.41) is 5.80. The van der Waals surface area contributed by atoms with Crippen molar-refractivity contribution in [3.05, 3.63) is 24.3 Å². The Hall–Kier alpha value is -2.77. The Morgan fingerprint density at radius 2 is 2.13 bits per heavy atom. The second kappa shape index (κ2) is 12.0. The van der Waals surface area contributed by atoms with Crippen molar-refractivity contribution in [1.29, 1.82) is 0 Å². The summed E-state index contributed by atoms with van der Waals surface area (Å²) >= 11 is 0. The highest BCUT2D eigenvalue weighted by atomic mass is 16.5. The normalized spacial score (nSPS) is 17.1. The average molecular weight is 420 g/mol. The lowest BCUT2D eigenvalue weighted by molar-refractivity contribution is -0.151. The fourth-order valence-electron chi connectivity index (χ4n) is 3.04. The summed E-state index contributed by atoms with van der Waals surface area (Å²) in [7, 11) is 0. The zero-order valence-electron chi connectivity index (χ0n) is 18.1. The maximum Gasteiger partial charge on any atom is 0.308 e. The fourth-order valence-corrected chi connectivity index (χ4v) is 3.04. The van der Waals surface area contributed by atoms with E-state index in [9.17, 15) is 14.4 Å². The first-order valence-electron chi connectivity index (χ1n) is 10.7. The zero-order chi connectivity index (χ0) is 21.9. The second-order valence-corrected chi connectivity index (χ2v) is 7.39. The molecule has 2 unspecified atom stereocenters. The van der Waals surface area contributed by atoms with Gasteiger partial charge in [0.25, 0.3) is 0 Å². The van der Waals surface area contributed by atoms with E-state index >= 15 is 0 Å². The van der Waals surface area contributed by atoms with Crippen LogP contribution >= 0.6 is 0 Å². The number of amides is 2. The van der Waals surface area contributed by atoms with Gasteiger partial charge in [0.2, 0.25) is 11.8 Å². The van der Waals surface area contributed by atoms with Crippen molar-refractivity contribution in [2.45, 2.75) is 58.6 Å². The number of nitrogens with one attached hydrogen (secondary N) is 2. The molecule has 0 bridgehead atoms. The summed E-state index contributed by atoms with van der Waals surface area (Å²) < 4.78 is 11.0. The van der Waals surface area contributed by atoms with Gasteiger partial charge in [0.15, 0.2) is 0 Å². The Labute approximate surface area is 178 Å². The molecule has 1 saturated heterocycles. The summed E-state index contributed by atoms with van der Waals surface area (Å²) in [5.41, 5.74) is 0.751. The summed E-state index contributed by atoms with van der Waals surface area (Å²) in [5.74, 6) is -0.312. The van der Waals surface area contributed by atoms with Crippen LogP contribution in [-0.4, -0.2) is 61.1 Å². The molecule has 30 heavy (non-hydrogen) atoms. The lowest BCUT2D eigenvalue weighted by atomic mass is 10.1. The van der Waals surface area contributed by atoms with Crippen LogP contribution in [0.2, 0.25) is 0 Å². The van der Waals surface area contributed by atoms with Gasteiger partial charge >= 0.3 is 5.97 Å². The molecule has 1 aliphatic heterocycles. The minimum atomic E-state index is -0.845. The van der Waals surface area contributed by atoms with Gasteiger partial charge in [-0.1, -0.05) is 26.3 Å². The third kappa shape index (κ3) is 7.24. The number of hydrogen-bond acceptors (Lipinski definition) is 6. The molecule has 0 spiro atoms. The lowest BCUT2D eigenvalue weighted by Gasteiger charge is -2.34. The van der Waals surface area contributed by atoms with E-state index in [0.29, 0.717) is 19.7 Å². The quantitative estimate of drug-likeness (QED) is 0.422. The topological polar surface area (TPSA) is 97.0 Å². The van der Waals surface area contributed by atoms with Gasteiger partial charge in [-0.25, -0.2) is 0 Å². The Bertz CT molecular complexity index is 724. The van der Waals surface area contributed by atoms with Crippen molar-refractivity contribution in [2.75, 3.05) is 31.6 Å². The zero-order valence-corrected chi connectivity index (χ0v) is 18.1. The molecule has 8 heteroatoms. The molecule has 1 aromatic rings. The van der Waals surface area contributed by atoms with Gasteiger partial charge in [-0.05, 0) is 31.9 Å². The van der Waals surface area contributed by atoms with E-state index < -0.39 is 12.0 Å². The predicted molar refractivity (Wildman–Crippen MR) is 114 cm³/mol. The highest BCUT2D eigenvalue weighted by Crippen LogP contribution is 2.19. The second-order valence-electron chi connectivity index (χ2n) is 7.39. The highest BCUT2D eigenvalue weighted by molar-refractivity contribution is 5.93. The predicted octanol–water partition coefficient (Wildman–Crippen LogP) is 2.34. The van der Waals surface area contributed by atoms with Crippen LogP contribution in [0.5, 0.6) is 5.75 Å². The Morgan fingerprint density at radius 1 is 1.33 bits per heavy atom. The number of hydrogen-bond donors (Lipinski definition) is 2. The van der Waals surface area contributed by atoms with Crippen LogP contribution in [0.15, 0.2) is 24.3 Å². The molecule has 1 heterocycles. The minimum Gasteiger partial charge on any atom is -0.491 e. The van der Waals surface area contributed by atoms with Gasteiger partial charge in [-0.2, -0.15) is 0 Å². The number of piperazine rings is 1. The number of unbranched alkanes of at least 4 members (excludes halogenated alkanes) is 1. The molecule has 1 fully saturated rings. The van der Waals surface area contributed by atoms with Crippen molar-refractivity contribution >= 4 is 23.5 Å². The van der Waals surface area contributed by atoms with Crippen LogP contribution in [0.3, 0.4) is 0 Å². The van der Waals surface area contributed by atoms with Crippen molar-refractivity contribution in [3.8, 4) is 5.75 Å². The molecule has 0 aliphatic carbocycles. The number of nitrogens with zero attached hydrogens (tertiary/aromatic N) is 1. The molecule has 0 aromatic heterocycles. The van der Waals surface area contributed by atoms with Crippen LogP contribution in [0.25, 0.3) is 0 Å². The van der Waals surface area contributed by atoms with E-state index in [4.69, 9.17) is 9.47 Å². The standard InChI is InChI=1S/C22H33N3O5/c1-4-6-12-29-21(27)14-19-22(28)23-10-11-25(19)20(26)15-24-17-8-7-9-18(13-17)30-16(3)5-2/h7-9,13,16,19,24H,4-6,10-12,14-15H2,1-3H3,(H,23,28). The number of anilines is 1. The smallest absolute Gasteiger partial charge is 0.308 e. The van der Waals surface area contributed by atoms with E-state index in [2.05, 4.69) is 17.6 Å². The minimum absolute atomic E-state index is 0.0153. The Morgan fingerprint density at radius 3 is 2.87 bits per heavy atom. The molecule has 2 N–H and O–H groups in total. The first-order valence-corrected chi connectivity index (χ1v) is 10.7. The molecular formula is C22H33N3O5. The molecule has 166 valence electrons. The number of carbonyl (C=O) groups is 3. The van der Waals surface area contributed by atoms with Gasteiger partial charge in [-0.3, -0.25) is 14.4 Å². The maximum atomic E-state index is 12.8. The lowest BCUT2D eigenvalue weighted by Crippen LogP contribution is -2.58. The molecule has 2 amide bonds. The van der Waals surface area contributed by atoms with Gasteiger partial charge in [0, 0.05) is 24.8 Å². The van der Waals surface area contributed by atoms with Crippen LogP contribution in [-0.2, 0) is 19.1 Å². The van der Waals surface area contributed by atoms with E-state index in [1.165, 1.54) is 4.90 Å². The summed E-state index contributed by atoms with van der Waals surface area (Å²) in [6, 6.07) is 6.57. The number of esters is 1. The third-order valence-electron chi connectivity index (χ3n) is 4.96. The number of carbonyl (C=O) groups excluding carboxylic acids is 3. The summed E-state index contributed by atoms with van der Waals surface area (Å²) in [6.45, 7) is 7.12. The van der Waals surface area contributed by atoms with Crippen molar-refractivity contribution in [3.63, 3.8) is 0 Å². The average Bonchev–Trinajstić information content (AvgIpc) is 2.74. The van der Waals surface area contributed by atoms with E-state index in [-0.39, 0.29) is 30.9 Å². The fraction of sp³-hybridized carbons (Fsp3) is 0.591. The summed E-state index contributed by atoms with van der Waals surface area (Å²) in [4.78, 5) is 38.6. The molecule has 0 saturated carbocycles. The van der Waals surface area contributed by atoms with Crippen LogP contribution in [0, 0.1) is 0 Å². The van der Waals surface area contributed by atoms with Gasteiger partial charge in [0.05, 0.1) is 25.7 Å². The van der Waals surface area contributed by atoms with E-state index in [1.807, 2.05) is 38.1 Å². The van der Waals surface area contributed by atoms with Crippen LogP contribution < -0.4 is 15.4 Å². The van der Waals surface area contributed by atoms with Crippen LogP contribution in [0.4, 0.5) is 5.69 Å². The SMILES string of the molecule is CCCCOC(=O)CC1C(=O)NCCN1C(=O)CNc1cccc(OC(C)CC)c1. The van der Waals surface area contributed by atoms with Gasteiger partial charge in [-0.15, -0.1) is 0 Å². The molecule has 0 radical (unpaired) electrons. The van der Waals surface area contributed by atoms with E-state index in [0.717, 1.165) is 30.7 Å². The molecule has 1 aliphatic rings. The van der Waals surface area contributed by atoms with E-state index in [1.54, 1.807) is 0 Å². The monoisotopic (exact) mass is 419 g/mol. The molecule has 2 atom stereocenters. The Balaban J connectivity index is 1.94. The largest absolute Gasteiger partial charge is 0.491 e. The van der Waals surface area contributed by atoms with Gasteiger partial charge < -0.3 is 25.0 Å². The first-order chi connectivity index (χ1) is 14.4. The Kier molecular flexibility index (Phi) is 9.44. The molecule has 2 rings (SSSR count). The number of ether oxygens (including phenoxy) is 2. The van der Waals surface area contributed by atoms with Crippen molar-refractivity contribution < 1.29 is 23.9 Å². The van der Waals surface area contributed by atoms with Crippen LogP contribution in [0.1, 0.15) is 46.5 Å². The molecular weight excluding hydrogens is 386 g/mol.